The van der Waals surface area contributed by atoms with Crippen LogP contribution in [0, 0.1) is 30.6 Å². The highest BCUT2D eigenvalue weighted by Gasteiger charge is 2.65. The summed E-state index contributed by atoms with van der Waals surface area (Å²) in [6, 6.07) is 24.1. The number of imide groups is 1. The third-order valence-electron chi connectivity index (χ3n) is 10.1. The maximum Gasteiger partial charge on any atom is 0.233 e. The molecule has 210 valence electrons. The van der Waals surface area contributed by atoms with Gasteiger partial charge in [0.15, 0.2) is 11.6 Å². The van der Waals surface area contributed by atoms with Gasteiger partial charge in [-0.3, -0.25) is 24.1 Å². The molecule has 0 radical (unpaired) electrons. The second kappa shape index (κ2) is 9.48. The number of phenolic OH excluding ortho intramolecular Hbond substituents is 1. The van der Waals surface area contributed by atoms with Gasteiger partial charge in [-0.1, -0.05) is 84.4 Å². The number of allylic oxidation sites excluding steroid dienone is 4. The number of hydrogen-bond acceptors (Lipinski definition) is 5. The molecule has 3 aliphatic carbocycles. The van der Waals surface area contributed by atoms with Crippen molar-refractivity contribution in [3.8, 4) is 5.75 Å². The van der Waals surface area contributed by atoms with Crippen LogP contribution in [0.2, 0.25) is 0 Å². The first kappa shape index (κ1) is 26.3. The van der Waals surface area contributed by atoms with Crippen LogP contribution in [0.15, 0.2) is 96.6 Å². The van der Waals surface area contributed by atoms with Gasteiger partial charge in [-0.2, -0.15) is 0 Å². The summed E-state index contributed by atoms with van der Waals surface area (Å²) in [6.07, 6.45) is 4.27. The molecule has 4 aliphatic rings. The van der Waals surface area contributed by atoms with E-state index < -0.39 is 29.1 Å². The van der Waals surface area contributed by atoms with Crippen molar-refractivity contribution >= 4 is 29.0 Å². The number of rotatable bonds is 3. The Kier molecular flexibility index (Phi) is 5.94. The molecule has 1 heterocycles. The van der Waals surface area contributed by atoms with Gasteiger partial charge in [0.1, 0.15) is 5.75 Å². The smallest absolute Gasteiger partial charge is 0.233 e. The van der Waals surface area contributed by atoms with Crippen LogP contribution in [-0.4, -0.2) is 40.4 Å². The molecule has 2 fully saturated rings. The van der Waals surface area contributed by atoms with E-state index >= 15 is 0 Å². The van der Waals surface area contributed by atoms with E-state index in [-0.39, 0.29) is 41.5 Å². The van der Waals surface area contributed by atoms with Gasteiger partial charge in [0, 0.05) is 24.5 Å². The number of phenols is 1. The van der Waals surface area contributed by atoms with Crippen LogP contribution >= 0.6 is 0 Å². The van der Waals surface area contributed by atoms with Crippen molar-refractivity contribution in [3.63, 3.8) is 0 Å². The van der Waals surface area contributed by atoms with Crippen molar-refractivity contribution in [2.75, 3.05) is 7.05 Å². The van der Waals surface area contributed by atoms with E-state index in [9.17, 15) is 24.3 Å². The Morgan fingerprint density at radius 3 is 2.24 bits per heavy atom. The van der Waals surface area contributed by atoms with Gasteiger partial charge in [-0.25, -0.2) is 0 Å². The Morgan fingerprint density at radius 1 is 0.857 bits per heavy atom. The van der Waals surface area contributed by atoms with Crippen molar-refractivity contribution in [1.29, 1.82) is 0 Å². The van der Waals surface area contributed by atoms with Crippen LogP contribution in [0.5, 0.6) is 5.75 Å². The molecule has 0 unspecified atom stereocenters. The first-order valence-electron chi connectivity index (χ1n) is 14.5. The molecule has 1 saturated heterocycles. The molecule has 1 N–H and O–H groups in total. The summed E-state index contributed by atoms with van der Waals surface area (Å²) < 4.78 is 0. The Labute approximate surface area is 244 Å². The molecule has 1 saturated carbocycles. The molecule has 3 aromatic rings. The molecular formula is C36H31NO5. The maximum absolute atomic E-state index is 14.9. The molecular weight excluding hydrogens is 526 g/mol. The van der Waals surface area contributed by atoms with Crippen molar-refractivity contribution in [2.45, 2.75) is 31.1 Å². The third kappa shape index (κ3) is 3.50. The largest absolute Gasteiger partial charge is 0.508 e. The van der Waals surface area contributed by atoms with E-state index in [2.05, 4.69) is 6.08 Å². The molecule has 0 aromatic heterocycles. The number of aryl methyl sites for hydroxylation is 1. The van der Waals surface area contributed by atoms with E-state index in [0.29, 0.717) is 23.1 Å². The number of carbonyl (C=O) groups excluding carboxylic acids is 4. The molecule has 1 aliphatic heterocycles. The number of Topliss-reactive ketones (excluding diaryl/α,β-unsaturated/α-hetero) is 1. The number of amides is 2. The summed E-state index contributed by atoms with van der Waals surface area (Å²) in [7, 11) is 1.53. The van der Waals surface area contributed by atoms with Gasteiger partial charge < -0.3 is 5.11 Å². The lowest BCUT2D eigenvalue weighted by molar-refractivity contribution is -0.139. The fourth-order valence-corrected chi connectivity index (χ4v) is 8.26. The topological polar surface area (TPSA) is 91.8 Å². The number of carbonyl (C=O) groups is 4. The summed E-state index contributed by atoms with van der Waals surface area (Å²) in [6.45, 7) is 1.81. The van der Waals surface area contributed by atoms with Gasteiger partial charge in [-0.15, -0.1) is 0 Å². The first-order valence-corrected chi connectivity index (χ1v) is 14.5. The maximum atomic E-state index is 14.9. The minimum Gasteiger partial charge on any atom is -0.508 e. The van der Waals surface area contributed by atoms with Gasteiger partial charge in [-0.05, 0) is 60.1 Å². The zero-order valence-corrected chi connectivity index (χ0v) is 23.5. The number of aromatic hydroxyl groups is 1. The quantitative estimate of drug-likeness (QED) is 0.355. The summed E-state index contributed by atoms with van der Waals surface area (Å²) in [5.41, 5.74) is 2.94. The van der Waals surface area contributed by atoms with E-state index in [4.69, 9.17) is 0 Å². The molecule has 3 aromatic carbocycles. The zero-order chi connectivity index (χ0) is 29.3. The number of ketones is 2. The molecule has 0 spiro atoms. The number of hydrogen-bond donors (Lipinski definition) is 1. The number of benzene rings is 3. The van der Waals surface area contributed by atoms with Crippen molar-refractivity contribution in [1.82, 2.24) is 4.90 Å². The fourth-order valence-electron chi connectivity index (χ4n) is 8.26. The molecule has 0 bridgehead atoms. The lowest BCUT2D eigenvalue weighted by Gasteiger charge is -2.55. The molecule has 2 amide bonds. The average molecular weight is 558 g/mol. The van der Waals surface area contributed by atoms with Crippen LogP contribution in [0.25, 0.3) is 5.57 Å². The first-order chi connectivity index (χ1) is 20.2. The minimum absolute atomic E-state index is 0.128. The normalized spacial score (nSPS) is 30.3. The number of fused-ring (bicyclic) bond motifs is 4. The Bertz CT molecular complexity index is 1720. The molecule has 6 atom stereocenters. The Morgan fingerprint density at radius 2 is 1.55 bits per heavy atom. The second-order valence-corrected chi connectivity index (χ2v) is 12.1. The van der Waals surface area contributed by atoms with E-state index in [0.717, 1.165) is 16.7 Å². The van der Waals surface area contributed by atoms with Crippen molar-refractivity contribution < 1.29 is 24.3 Å². The van der Waals surface area contributed by atoms with Gasteiger partial charge >= 0.3 is 0 Å². The van der Waals surface area contributed by atoms with Crippen LogP contribution in [-0.2, 0) is 24.6 Å². The van der Waals surface area contributed by atoms with Crippen LogP contribution in [0.4, 0.5) is 0 Å². The van der Waals surface area contributed by atoms with E-state index in [1.165, 1.54) is 18.0 Å². The standard InChI is InChI=1S/C36H31NO5/c1-20-17-22(13-16-29(20)38)32-24-14-15-25-31(35(42)37(2)34(25)41)27(24)18-28-33(40)26(21-9-5-3-6-10-21)19-30(39)36(28,32)23-11-7-4-8-12-23/h3-14,16-17,19,25,27-28,31-32,38H,15,18H2,1-2H3/t25-,27+,28-,31-,32-,36-/m0/s1. The van der Waals surface area contributed by atoms with E-state index in [1.807, 2.05) is 79.7 Å². The summed E-state index contributed by atoms with van der Waals surface area (Å²) >= 11 is 0. The second-order valence-electron chi connectivity index (χ2n) is 12.1. The number of likely N-dealkylation sites (tertiary alicyclic amines) is 1. The van der Waals surface area contributed by atoms with Gasteiger partial charge in [0.05, 0.1) is 17.3 Å². The lowest BCUT2D eigenvalue weighted by Crippen LogP contribution is -2.58. The van der Waals surface area contributed by atoms with Crippen LogP contribution < -0.4 is 0 Å². The van der Waals surface area contributed by atoms with Crippen LogP contribution in [0.3, 0.4) is 0 Å². The average Bonchev–Trinajstić information content (AvgIpc) is 3.23. The predicted octanol–water partition coefficient (Wildman–Crippen LogP) is 5.15. The van der Waals surface area contributed by atoms with Gasteiger partial charge in [0.2, 0.25) is 11.8 Å². The highest BCUT2D eigenvalue weighted by molar-refractivity contribution is 6.31. The fraction of sp³-hybridized carbons (Fsp3) is 0.278. The monoisotopic (exact) mass is 557 g/mol. The highest BCUT2D eigenvalue weighted by Crippen LogP contribution is 2.63. The Balaban J connectivity index is 1.53. The SMILES string of the molecule is Cc1cc([C@H]2C3=CC[C@@H]4C(=O)N(C)C(=O)[C@@H]4[C@@H]3C[C@H]3C(=O)C(c4ccccc4)=CC(=O)[C@@]23c2ccccc2)ccc1O. The van der Waals surface area contributed by atoms with Crippen molar-refractivity contribution in [2.24, 2.45) is 23.7 Å². The van der Waals surface area contributed by atoms with Crippen molar-refractivity contribution in [3.05, 3.63) is 119 Å². The predicted molar refractivity (Wildman–Crippen MR) is 157 cm³/mol. The Hall–Kier alpha value is -4.58. The summed E-state index contributed by atoms with van der Waals surface area (Å²) in [5, 5.41) is 10.4. The molecule has 7 rings (SSSR count). The zero-order valence-electron chi connectivity index (χ0n) is 23.5. The van der Waals surface area contributed by atoms with E-state index in [1.54, 1.807) is 6.07 Å². The van der Waals surface area contributed by atoms with Gasteiger partial charge in [0.25, 0.3) is 0 Å². The van der Waals surface area contributed by atoms with Crippen LogP contribution in [0.1, 0.15) is 41.0 Å². The molecule has 6 nitrogen and oxygen atoms in total. The minimum atomic E-state index is -1.26. The molecule has 42 heavy (non-hydrogen) atoms. The lowest BCUT2D eigenvalue weighted by atomic mass is 9.44. The third-order valence-corrected chi connectivity index (χ3v) is 10.1. The highest BCUT2D eigenvalue weighted by atomic mass is 16.3. The molecule has 6 heteroatoms. The number of nitrogens with zero attached hydrogens (tertiary/aromatic N) is 1. The summed E-state index contributed by atoms with van der Waals surface area (Å²) in [4.78, 5) is 57.5. The summed E-state index contributed by atoms with van der Waals surface area (Å²) in [5.74, 6) is -3.30.